The van der Waals surface area contributed by atoms with Crippen LogP contribution in [0.1, 0.15) is 316 Å². The molecule has 0 radical (unpaired) electrons. The SMILES string of the molecule is CC/C=C\C/C=C\C/C=C\C/C=C\C/C=C\C/C=C\C/C=C\C/C=C\C/C=C\CCCCCCCC(=O)NC(COC1OC(CO)C(OC2OC(CO)C(O)C(O)C2O)C(O)C1O)C(O)/C=C/CCCCCCCCCCCCCCCCCCCCCCCCCCCCCCCC. The Kier molecular flexibility index (Phi) is 62.4. The minimum Gasteiger partial charge on any atom is -0.394 e. The topological polar surface area (TPSA) is 228 Å². The molecule has 2 heterocycles. The number of hydrogen-bond donors (Lipinski definition) is 9. The summed E-state index contributed by atoms with van der Waals surface area (Å²) in [6.45, 7) is 2.70. The predicted octanol–water partition coefficient (Wildman–Crippen LogP) is 18.4. The average molecular weight is 1390 g/mol. The van der Waals surface area contributed by atoms with Crippen LogP contribution in [0.5, 0.6) is 0 Å². The number of amides is 1. The fourth-order valence-electron chi connectivity index (χ4n) is 12.6. The van der Waals surface area contributed by atoms with Crippen LogP contribution in [0.25, 0.3) is 0 Å². The summed E-state index contributed by atoms with van der Waals surface area (Å²) in [6.07, 6.45) is 82.7. The van der Waals surface area contributed by atoms with Gasteiger partial charge in [0.2, 0.25) is 5.91 Å². The number of carbonyl (C=O) groups is 1. The van der Waals surface area contributed by atoms with Crippen LogP contribution in [-0.2, 0) is 23.7 Å². The first-order valence-electron chi connectivity index (χ1n) is 40.3. The Hall–Kier alpha value is -3.61. The monoisotopic (exact) mass is 1390 g/mol. The van der Waals surface area contributed by atoms with Gasteiger partial charge >= 0.3 is 0 Å². The summed E-state index contributed by atoms with van der Waals surface area (Å²) >= 11 is 0. The van der Waals surface area contributed by atoms with E-state index in [4.69, 9.17) is 18.9 Å². The van der Waals surface area contributed by atoms with Gasteiger partial charge < -0.3 is 65.1 Å². The molecule has 0 bridgehead atoms. The molecule has 0 aromatic carbocycles. The zero-order chi connectivity index (χ0) is 71.5. The maximum absolute atomic E-state index is 13.4. The highest BCUT2D eigenvalue weighted by Gasteiger charge is 2.51. The van der Waals surface area contributed by atoms with Crippen LogP contribution in [0, 0.1) is 0 Å². The van der Waals surface area contributed by atoms with Crippen molar-refractivity contribution in [2.45, 2.75) is 389 Å². The number of allylic oxidation sites excluding steroid dienone is 19. The van der Waals surface area contributed by atoms with E-state index in [1.165, 1.54) is 180 Å². The number of ether oxygens (including phenoxy) is 4. The number of carbonyl (C=O) groups excluding carboxylic acids is 1. The Balaban J connectivity index is 1.65. The fraction of sp³-hybridized carbons (Fsp3) is 0.753. The minimum atomic E-state index is -1.80. The van der Waals surface area contributed by atoms with Crippen molar-refractivity contribution in [3.8, 4) is 0 Å². The molecule has 9 N–H and O–H groups in total. The van der Waals surface area contributed by atoms with Gasteiger partial charge in [-0.3, -0.25) is 4.79 Å². The lowest BCUT2D eigenvalue weighted by Gasteiger charge is -2.46. The van der Waals surface area contributed by atoms with E-state index >= 15 is 0 Å². The second-order valence-corrected chi connectivity index (χ2v) is 27.8. The quantitative estimate of drug-likeness (QED) is 0.0204. The van der Waals surface area contributed by atoms with Crippen LogP contribution in [-0.4, -0.2) is 140 Å². The maximum Gasteiger partial charge on any atom is 0.220 e. The molecule has 1 amide bonds. The summed E-state index contributed by atoms with van der Waals surface area (Å²) in [5, 5.41) is 87.7. The summed E-state index contributed by atoms with van der Waals surface area (Å²) in [7, 11) is 0. The summed E-state index contributed by atoms with van der Waals surface area (Å²) in [5.41, 5.74) is 0. The van der Waals surface area contributed by atoms with E-state index in [0.717, 1.165) is 109 Å². The van der Waals surface area contributed by atoms with E-state index in [9.17, 15) is 45.6 Å². The van der Waals surface area contributed by atoms with Crippen molar-refractivity contribution in [1.29, 1.82) is 0 Å². The Labute approximate surface area is 603 Å². The molecule has 14 heteroatoms. The number of rotatable bonds is 66. The van der Waals surface area contributed by atoms with Crippen LogP contribution < -0.4 is 5.32 Å². The van der Waals surface area contributed by atoms with Gasteiger partial charge in [-0.2, -0.15) is 0 Å². The van der Waals surface area contributed by atoms with Gasteiger partial charge in [-0.1, -0.05) is 341 Å². The van der Waals surface area contributed by atoms with Crippen molar-refractivity contribution in [3.05, 3.63) is 122 Å². The molecule has 2 aliphatic heterocycles. The Morgan fingerprint density at radius 2 is 0.697 bits per heavy atom. The molecule has 0 spiro atoms. The molecule has 0 aromatic heterocycles. The standard InChI is InChI=1S/C85H147NO13/c1-3-5-7-9-11-13-15-17-19-21-23-25-27-29-31-33-35-37-39-41-43-45-47-49-51-53-55-57-59-61-63-65-67-69-77(90)86-73(72-96-84-82(95)80(93)83(76(71-88)98-84)99-85-81(94)79(92)78(91)75(70-87)97-85)74(89)68-66-64-62-60-58-56-54-52-50-48-46-44-42-40-38-36-34-32-30-28-26-24-22-20-18-16-14-12-10-8-6-4-2/h5,7,11,13,17,19,23,25,29,31,35,37,41,43,47,49,53,55,66,68,73-76,78-85,87-89,91-95H,3-4,6,8-10,12,14-16,18,20-22,24,26-28,30,32-34,36,38-40,42,44-46,48,50-52,54,56-65,67,69-72H2,1-2H3,(H,86,90)/b7-5-,13-11-,19-17-,25-23-,31-29-,37-35-,43-41-,49-47-,55-53-,68-66+. The third kappa shape index (κ3) is 50.4. The smallest absolute Gasteiger partial charge is 0.220 e. The maximum atomic E-state index is 13.4. The van der Waals surface area contributed by atoms with E-state index < -0.39 is 86.8 Å². The third-order valence-electron chi connectivity index (χ3n) is 18.9. The summed E-state index contributed by atoms with van der Waals surface area (Å²) in [6, 6.07) is -0.937. The third-order valence-corrected chi connectivity index (χ3v) is 18.9. The van der Waals surface area contributed by atoms with Gasteiger partial charge in [-0.25, -0.2) is 0 Å². The van der Waals surface area contributed by atoms with Crippen LogP contribution in [0.2, 0.25) is 0 Å². The van der Waals surface area contributed by atoms with Gasteiger partial charge in [0.15, 0.2) is 12.6 Å². The highest BCUT2D eigenvalue weighted by molar-refractivity contribution is 5.76. The fourth-order valence-corrected chi connectivity index (χ4v) is 12.6. The zero-order valence-corrected chi connectivity index (χ0v) is 62.4. The van der Waals surface area contributed by atoms with Crippen molar-refractivity contribution >= 4 is 5.91 Å². The molecule has 12 atom stereocenters. The van der Waals surface area contributed by atoms with Crippen LogP contribution >= 0.6 is 0 Å². The molecule has 2 saturated heterocycles. The first-order chi connectivity index (χ1) is 48.6. The van der Waals surface area contributed by atoms with E-state index in [1.54, 1.807) is 6.08 Å². The molecule has 99 heavy (non-hydrogen) atoms. The lowest BCUT2D eigenvalue weighted by atomic mass is 9.97. The van der Waals surface area contributed by atoms with Gasteiger partial charge in [-0.05, 0) is 89.9 Å². The van der Waals surface area contributed by atoms with Crippen LogP contribution in [0.3, 0.4) is 0 Å². The average Bonchev–Trinajstić information content (AvgIpc) is 0.793. The van der Waals surface area contributed by atoms with Gasteiger partial charge in [0.25, 0.3) is 0 Å². The molecule has 14 nitrogen and oxygen atoms in total. The summed E-state index contributed by atoms with van der Waals surface area (Å²) in [5.74, 6) is -0.259. The number of unbranched alkanes of at least 4 members (excludes halogenated alkanes) is 35. The highest BCUT2D eigenvalue weighted by atomic mass is 16.7. The molecular weight excluding hydrogens is 1240 g/mol. The lowest BCUT2D eigenvalue weighted by Crippen LogP contribution is -2.65. The molecule has 2 aliphatic rings. The Bertz CT molecular complexity index is 2130. The largest absolute Gasteiger partial charge is 0.394 e. The number of hydrogen-bond acceptors (Lipinski definition) is 13. The molecule has 0 saturated carbocycles. The molecule has 0 aliphatic carbocycles. The van der Waals surface area contributed by atoms with Gasteiger partial charge in [0.05, 0.1) is 32.0 Å². The predicted molar refractivity (Wildman–Crippen MR) is 410 cm³/mol. The molecule has 12 unspecified atom stereocenters. The van der Waals surface area contributed by atoms with Crippen molar-refractivity contribution in [3.63, 3.8) is 0 Å². The normalized spacial score (nSPS) is 22.6. The van der Waals surface area contributed by atoms with E-state index in [-0.39, 0.29) is 18.9 Å². The Morgan fingerprint density at radius 1 is 0.374 bits per heavy atom. The minimum absolute atomic E-state index is 0.251. The lowest BCUT2D eigenvalue weighted by molar-refractivity contribution is -0.359. The van der Waals surface area contributed by atoms with Gasteiger partial charge in [-0.15, -0.1) is 0 Å². The van der Waals surface area contributed by atoms with Crippen molar-refractivity contribution in [1.82, 2.24) is 5.32 Å². The molecule has 570 valence electrons. The molecular formula is C85H147NO13. The van der Waals surface area contributed by atoms with Gasteiger partial charge in [0, 0.05) is 6.42 Å². The van der Waals surface area contributed by atoms with Crippen molar-refractivity contribution < 1.29 is 64.6 Å². The first kappa shape index (κ1) is 91.5. The van der Waals surface area contributed by atoms with Crippen molar-refractivity contribution in [2.24, 2.45) is 0 Å². The van der Waals surface area contributed by atoms with E-state index in [1.807, 2.05) is 6.08 Å². The van der Waals surface area contributed by atoms with E-state index in [0.29, 0.717) is 6.42 Å². The molecule has 2 rings (SSSR count). The zero-order valence-electron chi connectivity index (χ0n) is 62.4. The number of nitrogens with one attached hydrogen (secondary N) is 1. The van der Waals surface area contributed by atoms with Crippen LogP contribution in [0.4, 0.5) is 0 Å². The van der Waals surface area contributed by atoms with Crippen LogP contribution in [0.15, 0.2) is 122 Å². The summed E-state index contributed by atoms with van der Waals surface area (Å²) < 4.78 is 22.9. The molecule has 2 fully saturated rings. The highest BCUT2D eigenvalue weighted by Crippen LogP contribution is 2.30. The number of aliphatic hydroxyl groups is 8. The van der Waals surface area contributed by atoms with Crippen molar-refractivity contribution in [2.75, 3.05) is 19.8 Å². The summed E-state index contributed by atoms with van der Waals surface area (Å²) in [4.78, 5) is 13.4. The second-order valence-electron chi connectivity index (χ2n) is 27.8. The second kappa shape index (κ2) is 67.6. The van der Waals surface area contributed by atoms with Gasteiger partial charge in [0.1, 0.15) is 48.8 Å². The van der Waals surface area contributed by atoms with E-state index in [2.05, 4.69) is 129 Å². The Morgan fingerprint density at radius 3 is 1.07 bits per heavy atom. The number of aliphatic hydroxyl groups excluding tert-OH is 8. The first-order valence-corrected chi connectivity index (χ1v) is 40.3. The molecule has 0 aromatic rings.